The molecule has 1 aromatic rings. The van der Waals surface area contributed by atoms with Crippen LogP contribution in [0.15, 0.2) is 6.07 Å². The number of nitrogens with zero attached hydrogens (tertiary/aromatic N) is 1. The molecule has 0 atom stereocenters. The Morgan fingerprint density at radius 2 is 2.12 bits per heavy atom. The van der Waals surface area contributed by atoms with Gasteiger partial charge in [-0.15, -0.1) is 5.26 Å². The predicted octanol–water partition coefficient (Wildman–Crippen LogP) is 3.16. The average Bonchev–Trinajstić information content (AvgIpc) is 2.76. The third-order valence-electron chi connectivity index (χ3n) is 3.43. The molecule has 2 heteroatoms. The molecule has 0 fully saturated rings. The Hall–Kier alpha value is -1.49. The van der Waals surface area contributed by atoms with E-state index in [4.69, 9.17) is 10.00 Å². The van der Waals surface area contributed by atoms with Crippen molar-refractivity contribution >= 4 is 0 Å². The van der Waals surface area contributed by atoms with Crippen molar-refractivity contribution in [2.45, 2.75) is 46.0 Å². The monoisotopic (exact) mass is 215 g/mol. The zero-order valence-electron chi connectivity index (χ0n) is 9.97. The first-order chi connectivity index (χ1) is 7.81. The first-order valence-corrected chi connectivity index (χ1v) is 6.04. The number of ether oxygens (including phenoxy) is 1. The van der Waals surface area contributed by atoms with E-state index in [1.807, 2.05) is 6.26 Å². The van der Waals surface area contributed by atoms with E-state index in [-0.39, 0.29) is 0 Å². The summed E-state index contributed by atoms with van der Waals surface area (Å²) in [6, 6.07) is 2.31. The van der Waals surface area contributed by atoms with Crippen LogP contribution < -0.4 is 4.74 Å². The first kappa shape index (κ1) is 11.0. The molecule has 0 aliphatic heterocycles. The van der Waals surface area contributed by atoms with Crippen LogP contribution in [0.25, 0.3) is 0 Å². The Morgan fingerprint density at radius 3 is 2.75 bits per heavy atom. The van der Waals surface area contributed by atoms with Crippen LogP contribution in [0, 0.1) is 11.5 Å². The summed E-state index contributed by atoms with van der Waals surface area (Å²) in [7, 11) is 0. The Kier molecular flexibility index (Phi) is 3.14. The van der Waals surface area contributed by atoms with Crippen molar-refractivity contribution in [1.29, 1.82) is 5.26 Å². The van der Waals surface area contributed by atoms with Crippen molar-refractivity contribution in [3.05, 3.63) is 28.3 Å². The molecule has 2 nitrogen and oxygen atoms in total. The second-order valence-corrected chi connectivity index (χ2v) is 4.24. The summed E-state index contributed by atoms with van der Waals surface area (Å²) in [4.78, 5) is 0. The van der Waals surface area contributed by atoms with Crippen LogP contribution in [0.4, 0.5) is 0 Å². The topological polar surface area (TPSA) is 33.0 Å². The molecule has 0 bridgehead atoms. The first-order valence-electron chi connectivity index (χ1n) is 6.04. The highest BCUT2D eigenvalue weighted by Crippen LogP contribution is 2.36. The standard InChI is InChI=1S/C14H17NO/c1-3-10-8-11-6-5-7-13(11)14(16-9-15)12(10)4-2/h8H,3-7H2,1-2H3. The number of nitriles is 1. The molecule has 1 aliphatic rings. The molecule has 0 unspecified atom stereocenters. The number of rotatable bonds is 3. The minimum absolute atomic E-state index is 0.858. The van der Waals surface area contributed by atoms with Crippen LogP contribution in [-0.4, -0.2) is 0 Å². The van der Waals surface area contributed by atoms with E-state index in [9.17, 15) is 0 Å². The summed E-state index contributed by atoms with van der Waals surface area (Å²) in [6.45, 7) is 4.28. The maximum absolute atomic E-state index is 8.76. The highest BCUT2D eigenvalue weighted by molar-refractivity contribution is 5.53. The maximum Gasteiger partial charge on any atom is 0.292 e. The van der Waals surface area contributed by atoms with Gasteiger partial charge in [-0.1, -0.05) is 19.9 Å². The van der Waals surface area contributed by atoms with Gasteiger partial charge in [0.25, 0.3) is 6.26 Å². The van der Waals surface area contributed by atoms with Crippen molar-refractivity contribution in [2.75, 3.05) is 0 Å². The normalized spacial score (nSPS) is 13.3. The van der Waals surface area contributed by atoms with Gasteiger partial charge in [-0.25, -0.2) is 0 Å². The number of hydrogen-bond acceptors (Lipinski definition) is 2. The fraction of sp³-hybridized carbons (Fsp3) is 0.500. The largest absolute Gasteiger partial charge is 0.387 e. The van der Waals surface area contributed by atoms with Crippen molar-refractivity contribution in [3.8, 4) is 12.0 Å². The zero-order valence-corrected chi connectivity index (χ0v) is 9.97. The summed E-state index contributed by atoms with van der Waals surface area (Å²) >= 11 is 0. The van der Waals surface area contributed by atoms with Crippen LogP contribution >= 0.6 is 0 Å². The summed E-state index contributed by atoms with van der Waals surface area (Å²) in [5.74, 6) is 0.858. The van der Waals surface area contributed by atoms with Crippen LogP contribution in [0.1, 0.15) is 42.5 Å². The van der Waals surface area contributed by atoms with Gasteiger partial charge in [0.2, 0.25) is 0 Å². The zero-order chi connectivity index (χ0) is 11.5. The summed E-state index contributed by atoms with van der Waals surface area (Å²) in [5.41, 5.74) is 5.23. The molecule has 0 radical (unpaired) electrons. The lowest BCUT2D eigenvalue weighted by atomic mass is 9.95. The molecule has 0 amide bonds. The van der Waals surface area contributed by atoms with Gasteiger partial charge in [0.05, 0.1) is 0 Å². The molecule has 0 N–H and O–H groups in total. The molecule has 16 heavy (non-hydrogen) atoms. The van der Waals surface area contributed by atoms with Gasteiger partial charge in [0.1, 0.15) is 5.75 Å². The van der Waals surface area contributed by atoms with Gasteiger partial charge in [0.15, 0.2) is 0 Å². The van der Waals surface area contributed by atoms with E-state index in [1.165, 1.54) is 28.7 Å². The van der Waals surface area contributed by atoms with Gasteiger partial charge in [-0.05, 0) is 54.4 Å². The lowest BCUT2D eigenvalue weighted by Gasteiger charge is -2.14. The van der Waals surface area contributed by atoms with Crippen molar-refractivity contribution in [1.82, 2.24) is 0 Å². The molecule has 1 aliphatic carbocycles. The van der Waals surface area contributed by atoms with E-state index >= 15 is 0 Å². The quantitative estimate of drug-likeness (QED) is 0.725. The Morgan fingerprint density at radius 1 is 1.31 bits per heavy atom. The molecule has 0 spiro atoms. The summed E-state index contributed by atoms with van der Waals surface area (Å²) < 4.78 is 5.22. The minimum atomic E-state index is 0.858. The predicted molar refractivity (Wildman–Crippen MR) is 63.5 cm³/mol. The average molecular weight is 215 g/mol. The fourth-order valence-corrected chi connectivity index (χ4v) is 2.68. The number of benzene rings is 1. The Bertz CT molecular complexity index is 443. The Balaban J connectivity index is 2.61. The smallest absolute Gasteiger partial charge is 0.292 e. The molecule has 84 valence electrons. The van der Waals surface area contributed by atoms with Gasteiger partial charge >= 0.3 is 0 Å². The molecular formula is C14H17NO. The maximum atomic E-state index is 8.76. The van der Waals surface area contributed by atoms with Crippen LogP contribution in [0.2, 0.25) is 0 Å². The van der Waals surface area contributed by atoms with Crippen molar-refractivity contribution in [2.24, 2.45) is 0 Å². The fourth-order valence-electron chi connectivity index (χ4n) is 2.68. The molecule has 0 heterocycles. The third-order valence-corrected chi connectivity index (χ3v) is 3.43. The number of hydrogen-bond donors (Lipinski definition) is 0. The van der Waals surface area contributed by atoms with E-state index in [0.717, 1.165) is 31.4 Å². The third kappa shape index (κ3) is 1.67. The molecule has 2 rings (SSSR count). The number of fused-ring (bicyclic) bond motifs is 1. The highest BCUT2D eigenvalue weighted by atomic mass is 16.5. The van der Waals surface area contributed by atoms with Gasteiger partial charge in [0, 0.05) is 0 Å². The van der Waals surface area contributed by atoms with Crippen molar-refractivity contribution < 1.29 is 4.74 Å². The van der Waals surface area contributed by atoms with E-state index < -0.39 is 0 Å². The van der Waals surface area contributed by atoms with Crippen LogP contribution in [0.5, 0.6) is 5.75 Å². The number of aryl methyl sites for hydroxylation is 2. The van der Waals surface area contributed by atoms with E-state index in [0.29, 0.717) is 0 Å². The second-order valence-electron chi connectivity index (χ2n) is 4.24. The molecule has 1 aromatic carbocycles. The second kappa shape index (κ2) is 4.57. The summed E-state index contributed by atoms with van der Waals surface area (Å²) in [5, 5.41) is 8.76. The van der Waals surface area contributed by atoms with E-state index in [2.05, 4.69) is 19.9 Å². The van der Waals surface area contributed by atoms with Crippen molar-refractivity contribution in [3.63, 3.8) is 0 Å². The van der Waals surface area contributed by atoms with Crippen LogP contribution in [-0.2, 0) is 25.7 Å². The highest BCUT2D eigenvalue weighted by Gasteiger charge is 2.21. The van der Waals surface area contributed by atoms with Crippen LogP contribution in [0.3, 0.4) is 0 Å². The van der Waals surface area contributed by atoms with Gasteiger partial charge in [-0.2, -0.15) is 0 Å². The minimum Gasteiger partial charge on any atom is -0.387 e. The van der Waals surface area contributed by atoms with Gasteiger partial charge in [-0.3, -0.25) is 0 Å². The Labute approximate surface area is 96.9 Å². The molecule has 0 saturated carbocycles. The molecule has 0 saturated heterocycles. The SMILES string of the molecule is CCc1cc2c(c(OC#N)c1CC)CCC2. The lowest BCUT2D eigenvalue weighted by Crippen LogP contribution is -2.01. The molecular weight excluding hydrogens is 198 g/mol. The van der Waals surface area contributed by atoms with Gasteiger partial charge < -0.3 is 4.74 Å². The summed E-state index contributed by atoms with van der Waals surface area (Å²) in [6.07, 6.45) is 7.17. The van der Waals surface area contributed by atoms with E-state index in [1.54, 1.807) is 0 Å². The lowest BCUT2D eigenvalue weighted by molar-refractivity contribution is 0.493. The molecule has 0 aromatic heterocycles.